The van der Waals surface area contributed by atoms with Gasteiger partial charge in [0.05, 0.1) is 28.4 Å². The van der Waals surface area contributed by atoms with Crippen molar-refractivity contribution < 1.29 is 28.0 Å². The van der Waals surface area contributed by atoms with E-state index in [9.17, 15) is 22.9 Å². The Bertz CT molecular complexity index is 1890. The van der Waals surface area contributed by atoms with Gasteiger partial charge in [0.25, 0.3) is 10.1 Å². The second kappa shape index (κ2) is 11.9. The van der Waals surface area contributed by atoms with Crippen molar-refractivity contribution in [2.75, 3.05) is 11.5 Å². The molecule has 0 saturated carbocycles. The molecule has 0 saturated heterocycles. The normalized spacial score (nSPS) is 12.1. The van der Waals surface area contributed by atoms with Crippen molar-refractivity contribution in [3.63, 3.8) is 0 Å². The van der Waals surface area contributed by atoms with Crippen molar-refractivity contribution in [2.45, 2.75) is 18.7 Å². The minimum Gasteiger partial charge on any atom is -0.507 e. The van der Waals surface area contributed by atoms with E-state index in [2.05, 4.69) is 30.7 Å². The lowest BCUT2D eigenvalue weighted by atomic mass is 10.1. The first-order chi connectivity index (χ1) is 19.8. The molecular formula is C27H24N8O6S. The summed E-state index contributed by atoms with van der Waals surface area (Å²) < 4.78 is 33.4. The Morgan fingerprint density at radius 3 is 1.93 bits per heavy atom. The number of rotatable bonds is 8. The number of benzene rings is 4. The molecule has 0 aliphatic carbocycles. The predicted octanol–water partition coefficient (Wildman–Crippen LogP) is 7.36. The number of carboxylic acids is 1. The number of aromatic carboxylic acids is 1. The van der Waals surface area contributed by atoms with Gasteiger partial charge in [-0.25, -0.2) is 4.79 Å². The zero-order valence-electron chi connectivity index (χ0n) is 22.2. The molecule has 0 atom stereocenters. The molecule has 0 heterocycles. The summed E-state index contributed by atoms with van der Waals surface area (Å²) in [5.74, 6) is -1.67. The largest absolute Gasteiger partial charge is 0.507 e. The van der Waals surface area contributed by atoms with Crippen molar-refractivity contribution in [3.8, 4) is 5.75 Å². The highest BCUT2D eigenvalue weighted by Gasteiger charge is 2.19. The summed E-state index contributed by atoms with van der Waals surface area (Å²) in [5.41, 5.74) is 14.7. The van der Waals surface area contributed by atoms with E-state index in [4.69, 9.17) is 16.6 Å². The fourth-order valence-electron chi connectivity index (χ4n) is 3.73. The number of aromatic hydroxyl groups is 1. The van der Waals surface area contributed by atoms with Crippen LogP contribution in [0, 0.1) is 13.8 Å². The Balaban J connectivity index is 1.56. The van der Waals surface area contributed by atoms with Gasteiger partial charge in [0.1, 0.15) is 33.3 Å². The van der Waals surface area contributed by atoms with Crippen LogP contribution in [-0.2, 0) is 10.1 Å². The molecule has 4 aromatic carbocycles. The van der Waals surface area contributed by atoms with Crippen LogP contribution in [0.15, 0.2) is 102 Å². The molecule has 0 fully saturated rings. The minimum atomic E-state index is -4.56. The standard InChI is InChI=1S/C27H24N8O6S/c1-14-11-15(2)25(23(12-14)42(39,40)41)34-33-21-9-8-20(28)26(24(21)29)35-31-17-5-3-16(4-6-17)30-32-18-7-10-22(36)19(13-18)27(37)38/h3-13,36H,28-29H2,1-2H3,(H,37,38)(H,39,40,41). The smallest absolute Gasteiger partial charge is 0.339 e. The van der Waals surface area contributed by atoms with E-state index in [0.29, 0.717) is 22.5 Å². The number of carboxylic acid groups (broad SMARTS) is 1. The van der Waals surface area contributed by atoms with Crippen LogP contribution >= 0.6 is 0 Å². The molecule has 0 aliphatic heterocycles. The third-order valence-electron chi connectivity index (χ3n) is 5.78. The number of phenols is 1. The predicted molar refractivity (Wildman–Crippen MR) is 155 cm³/mol. The molecule has 214 valence electrons. The number of anilines is 2. The van der Waals surface area contributed by atoms with E-state index in [-0.39, 0.29) is 50.3 Å². The first-order valence-corrected chi connectivity index (χ1v) is 13.5. The van der Waals surface area contributed by atoms with Crippen molar-refractivity contribution in [1.82, 2.24) is 0 Å². The van der Waals surface area contributed by atoms with Crippen LogP contribution < -0.4 is 11.5 Å². The van der Waals surface area contributed by atoms with Crippen molar-refractivity contribution >= 4 is 61.6 Å². The molecule has 0 aliphatic rings. The van der Waals surface area contributed by atoms with Crippen LogP contribution in [0.5, 0.6) is 5.75 Å². The van der Waals surface area contributed by atoms with Crippen molar-refractivity contribution in [1.29, 1.82) is 0 Å². The topological polar surface area (TPSA) is 238 Å². The molecule has 0 spiro atoms. The van der Waals surface area contributed by atoms with Crippen LogP contribution in [0.25, 0.3) is 0 Å². The van der Waals surface area contributed by atoms with E-state index < -0.39 is 16.1 Å². The molecule has 0 radical (unpaired) electrons. The Hall–Kier alpha value is -5.54. The summed E-state index contributed by atoms with van der Waals surface area (Å²) in [5, 5.41) is 43.1. The lowest BCUT2D eigenvalue weighted by Crippen LogP contribution is -2.00. The number of carbonyl (C=O) groups is 1. The number of aryl methyl sites for hydroxylation is 2. The van der Waals surface area contributed by atoms with E-state index in [1.54, 1.807) is 44.2 Å². The van der Waals surface area contributed by atoms with Gasteiger partial charge in [-0.15, -0.1) is 15.3 Å². The van der Waals surface area contributed by atoms with Gasteiger partial charge in [-0.1, -0.05) is 6.07 Å². The summed E-state index contributed by atoms with van der Waals surface area (Å²) in [6.45, 7) is 3.32. The molecule has 7 N–H and O–H groups in total. The van der Waals surface area contributed by atoms with E-state index in [1.807, 2.05) is 0 Å². The molecule has 0 amide bonds. The number of nitrogens with two attached hydrogens (primary N) is 2. The Kier molecular flexibility index (Phi) is 8.35. The zero-order chi connectivity index (χ0) is 30.6. The summed E-state index contributed by atoms with van der Waals surface area (Å²) in [4.78, 5) is 10.8. The quantitative estimate of drug-likeness (QED) is 0.0788. The molecule has 0 unspecified atom stereocenters. The van der Waals surface area contributed by atoms with Crippen LogP contribution in [-0.4, -0.2) is 29.2 Å². The molecule has 0 aromatic heterocycles. The SMILES string of the molecule is Cc1cc(C)c(N=Nc2ccc(N)c(N=Nc3ccc(N=Nc4ccc(O)c(C(=O)O)c4)cc3)c2N)c(S(=O)(=O)O)c1. The molecule has 15 heteroatoms. The molecular weight excluding hydrogens is 564 g/mol. The van der Waals surface area contributed by atoms with E-state index in [0.717, 1.165) is 0 Å². The van der Waals surface area contributed by atoms with Gasteiger partial charge in [0.2, 0.25) is 0 Å². The van der Waals surface area contributed by atoms with Crippen molar-refractivity contribution in [3.05, 3.63) is 83.4 Å². The maximum Gasteiger partial charge on any atom is 0.339 e. The summed E-state index contributed by atoms with van der Waals surface area (Å²) in [6.07, 6.45) is 0. The highest BCUT2D eigenvalue weighted by molar-refractivity contribution is 7.86. The third-order valence-corrected chi connectivity index (χ3v) is 6.64. The first-order valence-electron chi connectivity index (χ1n) is 12.0. The fraction of sp³-hybridized carbons (Fsp3) is 0.0741. The van der Waals surface area contributed by atoms with Gasteiger partial charge in [-0.05, 0) is 85.6 Å². The number of hydrogen-bond donors (Lipinski definition) is 5. The van der Waals surface area contributed by atoms with Crippen LogP contribution in [0.4, 0.5) is 45.5 Å². The lowest BCUT2D eigenvalue weighted by Gasteiger charge is -2.08. The summed E-state index contributed by atoms with van der Waals surface area (Å²) in [7, 11) is -4.56. The number of hydrogen-bond acceptors (Lipinski definition) is 12. The maximum absolute atomic E-state index is 11.9. The van der Waals surface area contributed by atoms with Gasteiger partial charge in [0.15, 0.2) is 0 Å². The minimum absolute atomic E-state index is 0.0347. The van der Waals surface area contributed by atoms with Crippen LogP contribution in [0.3, 0.4) is 0 Å². The number of nitrogen functional groups attached to an aromatic ring is 2. The lowest BCUT2D eigenvalue weighted by molar-refractivity contribution is 0.0693. The van der Waals surface area contributed by atoms with Crippen LogP contribution in [0.1, 0.15) is 21.5 Å². The van der Waals surface area contributed by atoms with Gasteiger partial charge < -0.3 is 21.7 Å². The third kappa shape index (κ3) is 6.78. The second-order valence-electron chi connectivity index (χ2n) is 8.96. The summed E-state index contributed by atoms with van der Waals surface area (Å²) >= 11 is 0. The number of nitrogens with zero attached hydrogens (tertiary/aromatic N) is 6. The molecule has 4 rings (SSSR count). The molecule has 0 bridgehead atoms. The zero-order valence-corrected chi connectivity index (χ0v) is 23.0. The van der Waals surface area contributed by atoms with Crippen molar-refractivity contribution in [2.24, 2.45) is 30.7 Å². The molecule has 42 heavy (non-hydrogen) atoms. The van der Waals surface area contributed by atoms with Gasteiger partial charge in [0, 0.05) is 0 Å². The highest BCUT2D eigenvalue weighted by atomic mass is 32.2. The maximum atomic E-state index is 11.9. The molecule has 4 aromatic rings. The average Bonchev–Trinajstić information content (AvgIpc) is 2.92. The monoisotopic (exact) mass is 588 g/mol. The van der Waals surface area contributed by atoms with Crippen LogP contribution in [0.2, 0.25) is 0 Å². The summed E-state index contributed by atoms with van der Waals surface area (Å²) in [6, 6.07) is 16.2. The van der Waals surface area contributed by atoms with Gasteiger partial charge in [-0.2, -0.15) is 23.8 Å². The highest BCUT2D eigenvalue weighted by Crippen LogP contribution is 2.40. The second-order valence-corrected chi connectivity index (χ2v) is 10.4. The fourth-order valence-corrected chi connectivity index (χ4v) is 4.51. The average molecular weight is 589 g/mol. The van der Waals surface area contributed by atoms with E-state index >= 15 is 0 Å². The first kappa shape index (κ1) is 29.4. The van der Waals surface area contributed by atoms with E-state index in [1.165, 1.54) is 36.4 Å². The Morgan fingerprint density at radius 2 is 1.31 bits per heavy atom. The molecule has 14 nitrogen and oxygen atoms in total. The van der Waals surface area contributed by atoms with Gasteiger partial charge in [-0.3, -0.25) is 4.55 Å². The van der Waals surface area contributed by atoms with Gasteiger partial charge >= 0.3 is 5.97 Å². The Morgan fingerprint density at radius 1 is 0.738 bits per heavy atom. The number of azo groups is 3. The Labute approximate surface area is 239 Å².